The lowest BCUT2D eigenvalue weighted by molar-refractivity contribution is -0.291. The Balaban J connectivity index is 3.47. The number of halogens is 7. The first kappa shape index (κ1) is 17.3. The molecule has 0 unspecified atom stereocenters. The van der Waals surface area contributed by atoms with Crippen molar-refractivity contribution < 1.29 is 22.0 Å². The van der Waals surface area contributed by atoms with Crippen LogP contribution >= 0.6 is 38.5 Å². The van der Waals surface area contributed by atoms with Crippen LogP contribution in [-0.4, -0.2) is 19.2 Å². The van der Waals surface area contributed by atoms with Crippen molar-refractivity contribution in [3.63, 3.8) is 0 Å². The van der Waals surface area contributed by atoms with E-state index >= 15 is 0 Å². The Morgan fingerprint density at radius 3 is 2.00 bits per heavy atom. The molecule has 0 aromatic carbocycles. The molecular formula is C10H10BrF5INSi. The Morgan fingerprint density at radius 1 is 1.16 bits per heavy atom. The molecule has 0 radical (unpaired) electrons. The summed E-state index contributed by atoms with van der Waals surface area (Å²) in [4.78, 5) is 3.45. The number of pyridine rings is 1. The Bertz CT molecular complexity index is 498. The van der Waals surface area contributed by atoms with E-state index in [1.165, 1.54) is 28.7 Å². The predicted molar refractivity (Wildman–Crippen MR) is 77.6 cm³/mol. The van der Waals surface area contributed by atoms with E-state index in [1.807, 2.05) is 19.6 Å². The molecule has 0 amide bonds. The third kappa shape index (κ3) is 3.46. The number of hydrogen-bond donors (Lipinski definition) is 0. The zero-order valence-electron chi connectivity index (χ0n) is 10.2. The van der Waals surface area contributed by atoms with Crippen molar-refractivity contribution in [1.82, 2.24) is 4.98 Å². The largest absolute Gasteiger partial charge is 0.459 e. The van der Waals surface area contributed by atoms with Crippen molar-refractivity contribution in [2.24, 2.45) is 0 Å². The van der Waals surface area contributed by atoms with Crippen LogP contribution in [0, 0.1) is 3.57 Å². The van der Waals surface area contributed by atoms with Crippen LogP contribution < -0.4 is 5.19 Å². The molecule has 0 aliphatic rings. The summed E-state index contributed by atoms with van der Waals surface area (Å²) in [6.07, 6.45) is -5.65. The molecule has 0 aliphatic carbocycles. The smallest absolute Gasteiger partial charge is 0.238 e. The van der Waals surface area contributed by atoms with Crippen LogP contribution in [0.4, 0.5) is 22.0 Å². The highest BCUT2D eigenvalue weighted by Gasteiger charge is 2.61. The molecule has 1 heterocycles. The van der Waals surface area contributed by atoms with E-state index in [0.717, 1.165) is 0 Å². The zero-order chi connectivity index (χ0) is 15.2. The molecule has 9 heteroatoms. The van der Waals surface area contributed by atoms with Gasteiger partial charge in [0, 0.05) is 3.57 Å². The lowest BCUT2D eigenvalue weighted by Crippen LogP contribution is -2.41. The molecule has 0 fully saturated rings. The van der Waals surface area contributed by atoms with Crippen LogP contribution in [0.15, 0.2) is 10.7 Å². The van der Waals surface area contributed by atoms with Gasteiger partial charge < -0.3 is 0 Å². The molecule has 0 saturated carbocycles. The number of hydrogen-bond acceptors (Lipinski definition) is 1. The summed E-state index contributed by atoms with van der Waals surface area (Å²) in [5.41, 5.74) is -1.26. The number of aromatic nitrogens is 1. The molecule has 0 atom stereocenters. The second-order valence-corrected chi connectivity index (χ2v) is 11.9. The highest BCUT2D eigenvalue weighted by molar-refractivity contribution is 14.1. The molecule has 1 rings (SSSR count). The lowest BCUT2D eigenvalue weighted by atomic mass is 10.2. The van der Waals surface area contributed by atoms with Crippen molar-refractivity contribution in [3.05, 3.63) is 19.9 Å². The van der Waals surface area contributed by atoms with Gasteiger partial charge in [0.15, 0.2) is 0 Å². The van der Waals surface area contributed by atoms with Crippen LogP contribution in [0.2, 0.25) is 19.6 Å². The molecule has 19 heavy (non-hydrogen) atoms. The first-order valence-corrected chi connectivity index (χ1v) is 10.5. The predicted octanol–water partition coefficient (Wildman–Crippen LogP) is 4.65. The number of alkyl halides is 5. The molecule has 0 spiro atoms. The van der Waals surface area contributed by atoms with E-state index in [0.29, 0.717) is 5.19 Å². The average Bonchev–Trinajstić information content (AvgIpc) is 2.17. The molecular weight excluding hydrogens is 464 g/mol. The number of nitrogens with zero attached hydrogens (tertiary/aromatic N) is 1. The summed E-state index contributed by atoms with van der Waals surface area (Å²) in [7, 11) is -1.88. The molecule has 108 valence electrons. The van der Waals surface area contributed by atoms with Crippen molar-refractivity contribution >= 4 is 51.8 Å². The maximum Gasteiger partial charge on any atom is 0.459 e. The van der Waals surface area contributed by atoms with E-state index in [-0.39, 0.29) is 8.17 Å². The van der Waals surface area contributed by atoms with E-state index in [1.54, 1.807) is 0 Å². The van der Waals surface area contributed by atoms with Crippen LogP contribution in [0.25, 0.3) is 0 Å². The van der Waals surface area contributed by atoms with Crippen LogP contribution in [-0.2, 0) is 5.92 Å². The summed E-state index contributed by atoms with van der Waals surface area (Å²) < 4.78 is 63.6. The molecule has 1 nitrogen and oxygen atoms in total. The molecule has 1 aromatic heterocycles. The SMILES string of the molecule is C[Si](C)(C)c1cc(I)c(C(F)(F)C(F)(F)F)nc1Br. The van der Waals surface area contributed by atoms with Gasteiger partial charge in [0.2, 0.25) is 0 Å². The Labute approximate surface area is 130 Å². The van der Waals surface area contributed by atoms with Gasteiger partial charge in [-0.2, -0.15) is 22.0 Å². The van der Waals surface area contributed by atoms with Gasteiger partial charge in [-0.15, -0.1) is 0 Å². The van der Waals surface area contributed by atoms with Gasteiger partial charge in [-0.1, -0.05) is 19.6 Å². The maximum absolute atomic E-state index is 13.3. The standard InChI is InChI=1S/C10H10BrF5INSi/c1-19(2,3)6-4-5(17)7(18-8(6)11)9(12,13)10(14,15)16/h4H,1-3H3. The summed E-state index contributed by atoms with van der Waals surface area (Å²) in [6.45, 7) is 5.85. The summed E-state index contributed by atoms with van der Waals surface area (Å²) in [5.74, 6) is -4.95. The monoisotopic (exact) mass is 473 g/mol. The van der Waals surface area contributed by atoms with Gasteiger partial charge in [-0.3, -0.25) is 0 Å². The van der Waals surface area contributed by atoms with E-state index in [4.69, 9.17) is 0 Å². The minimum atomic E-state index is -5.65. The number of rotatable bonds is 2. The van der Waals surface area contributed by atoms with Crippen LogP contribution in [0.5, 0.6) is 0 Å². The second-order valence-electron chi connectivity index (χ2n) is 4.98. The normalized spacial score (nSPS) is 13.8. The van der Waals surface area contributed by atoms with Gasteiger partial charge in [-0.25, -0.2) is 4.98 Å². The summed E-state index contributed by atoms with van der Waals surface area (Å²) in [6, 6.07) is 1.36. The van der Waals surface area contributed by atoms with Gasteiger partial charge in [0.05, 0.1) is 8.07 Å². The molecule has 1 aromatic rings. The first-order valence-electron chi connectivity index (χ1n) is 5.10. The average molecular weight is 474 g/mol. The van der Waals surface area contributed by atoms with Crippen molar-refractivity contribution in [2.75, 3.05) is 0 Å². The van der Waals surface area contributed by atoms with Gasteiger partial charge in [0.25, 0.3) is 0 Å². The zero-order valence-corrected chi connectivity index (χ0v) is 14.9. The van der Waals surface area contributed by atoms with E-state index < -0.39 is 25.9 Å². The van der Waals surface area contributed by atoms with Crippen molar-refractivity contribution in [2.45, 2.75) is 31.7 Å². The Morgan fingerprint density at radius 2 is 1.63 bits per heavy atom. The van der Waals surface area contributed by atoms with Crippen molar-refractivity contribution in [1.29, 1.82) is 0 Å². The molecule has 0 aliphatic heterocycles. The fraction of sp³-hybridized carbons (Fsp3) is 0.500. The fourth-order valence-corrected chi connectivity index (χ4v) is 5.74. The van der Waals surface area contributed by atoms with Gasteiger partial charge in [-0.05, 0) is 49.8 Å². The summed E-state index contributed by atoms with van der Waals surface area (Å²) >= 11 is 4.46. The highest BCUT2D eigenvalue weighted by atomic mass is 127. The van der Waals surface area contributed by atoms with Crippen molar-refractivity contribution in [3.8, 4) is 0 Å². The topological polar surface area (TPSA) is 12.9 Å². The quantitative estimate of drug-likeness (QED) is 0.264. The molecule has 0 N–H and O–H groups in total. The van der Waals surface area contributed by atoms with Crippen LogP contribution in [0.3, 0.4) is 0 Å². The minimum absolute atomic E-state index is 0.0611. The lowest BCUT2D eigenvalue weighted by Gasteiger charge is -2.23. The highest BCUT2D eigenvalue weighted by Crippen LogP contribution is 2.44. The first-order chi connectivity index (χ1) is 8.28. The Kier molecular flexibility index (Phi) is 4.74. The second kappa shape index (κ2) is 5.21. The van der Waals surface area contributed by atoms with Gasteiger partial charge >= 0.3 is 12.1 Å². The van der Waals surface area contributed by atoms with Crippen LogP contribution in [0.1, 0.15) is 5.69 Å². The third-order valence-electron chi connectivity index (χ3n) is 2.39. The maximum atomic E-state index is 13.3. The minimum Gasteiger partial charge on any atom is -0.238 e. The van der Waals surface area contributed by atoms with Gasteiger partial charge in [0.1, 0.15) is 10.3 Å². The summed E-state index contributed by atoms with van der Waals surface area (Å²) in [5, 5.41) is 0.707. The molecule has 0 saturated heterocycles. The third-order valence-corrected chi connectivity index (χ3v) is 6.18. The van der Waals surface area contributed by atoms with E-state index in [9.17, 15) is 22.0 Å². The Hall–Kier alpha value is 0.227. The fourth-order valence-electron chi connectivity index (χ4n) is 1.35. The molecule has 0 bridgehead atoms. The van der Waals surface area contributed by atoms with E-state index in [2.05, 4.69) is 20.9 Å².